The first kappa shape index (κ1) is 18.0. The Balaban J connectivity index is 2.24. The third kappa shape index (κ3) is 4.35. The van der Waals surface area contributed by atoms with Crippen molar-refractivity contribution in [2.45, 2.75) is 40.2 Å². The van der Waals surface area contributed by atoms with E-state index in [0.29, 0.717) is 12.2 Å². The molecule has 0 amide bonds. The molecule has 24 heavy (non-hydrogen) atoms. The van der Waals surface area contributed by atoms with Crippen molar-refractivity contribution in [1.29, 1.82) is 0 Å². The van der Waals surface area contributed by atoms with E-state index in [-0.39, 0.29) is 11.7 Å². The topological polar surface area (TPSA) is 26.3 Å². The molecule has 2 heteroatoms. The second-order valence-corrected chi connectivity index (χ2v) is 6.58. The Hall–Kier alpha value is -2.35. The Morgan fingerprint density at radius 1 is 1.04 bits per heavy atom. The zero-order valence-corrected chi connectivity index (χ0v) is 15.0. The van der Waals surface area contributed by atoms with Crippen molar-refractivity contribution < 1.29 is 9.53 Å². The van der Waals surface area contributed by atoms with E-state index in [1.165, 1.54) is 16.7 Å². The van der Waals surface area contributed by atoms with Crippen molar-refractivity contribution in [3.8, 4) is 11.1 Å². The lowest BCUT2D eigenvalue weighted by Crippen LogP contribution is -2.27. The van der Waals surface area contributed by atoms with Gasteiger partial charge in [0.15, 0.2) is 11.9 Å². The van der Waals surface area contributed by atoms with Gasteiger partial charge in [0.1, 0.15) is 0 Å². The maximum Gasteiger partial charge on any atom is 0.170 e. The minimum absolute atomic E-state index is 0.0401. The molecule has 0 aliphatic heterocycles. The molecule has 0 saturated heterocycles. The summed E-state index contributed by atoms with van der Waals surface area (Å²) < 4.78 is 5.85. The standard InChI is InChI=1S/C22H26O2/c1-15(2)22(18(5)23)24-17(4)14-19-11-7-9-13-21(19)20-12-8-6-10-16(20)3/h6-13,15,22H,4,14H2,1-3,5H3/t22-/m0/s1. The molecule has 0 heterocycles. The molecule has 0 saturated carbocycles. The molecule has 126 valence electrons. The molecule has 2 rings (SSSR count). The van der Waals surface area contributed by atoms with Gasteiger partial charge in [0.25, 0.3) is 0 Å². The highest BCUT2D eigenvalue weighted by Crippen LogP contribution is 2.28. The van der Waals surface area contributed by atoms with Crippen LogP contribution in [0.2, 0.25) is 0 Å². The quantitative estimate of drug-likeness (QED) is 0.642. The van der Waals surface area contributed by atoms with Crippen LogP contribution in [-0.4, -0.2) is 11.9 Å². The molecule has 2 aromatic carbocycles. The first-order chi connectivity index (χ1) is 11.4. The average molecular weight is 322 g/mol. The van der Waals surface area contributed by atoms with Crippen LogP contribution in [0.15, 0.2) is 60.9 Å². The normalized spacial score (nSPS) is 12.0. The first-order valence-electron chi connectivity index (χ1n) is 8.39. The number of ketones is 1. The molecule has 0 aliphatic rings. The molecule has 1 atom stereocenters. The van der Waals surface area contributed by atoms with Crippen LogP contribution >= 0.6 is 0 Å². The molecule has 2 nitrogen and oxygen atoms in total. The van der Waals surface area contributed by atoms with Crippen LogP contribution in [0.1, 0.15) is 31.9 Å². The molecule has 0 aliphatic carbocycles. The second kappa shape index (κ2) is 7.96. The summed E-state index contributed by atoms with van der Waals surface area (Å²) in [4.78, 5) is 11.7. The predicted molar refractivity (Wildman–Crippen MR) is 99.9 cm³/mol. The van der Waals surface area contributed by atoms with Gasteiger partial charge in [0.2, 0.25) is 0 Å². The van der Waals surface area contributed by atoms with Gasteiger partial charge in [-0.2, -0.15) is 0 Å². The summed E-state index contributed by atoms with van der Waals surface area (Å²) in [6.45, 7) is 11.7. The van der Waals surface area contributed by atoms with Gasteiger partial charge in [-0.15, -0.1) is 0 Å². The van der Waals surface area contributed by atoms with Crippen LogP contribution in [0.25, 0.3) is 11.1 Å². The highest BCUT2D eigenvalue weighted by Gasteiger charge is 2.21. The maximum atomic E-state index is 11.7. The van der Waals surface area contributed by atoms with Gasteiger partial charge in [-0.05, 0) is 42.0 Å². The molecule has 0 radical (unpaired) electrons. The van der Waals surface area contributed by atoms with E-state index in [9.17, 15) is 4.79 Å². The molecule has 0 bridgehead atoms. The van der Waals surface area contributed by atoms with E-state index in [1.54, 1.807) is 6.92 Å². The van der Waals surface area contributed by atoms with Crippen LogP contribution in [-0.2, 0) is 16.0 Å². The van der Waals surface area contributed by atoms with Crippen LogP contribution in [0.4, 0.5) is 0 Å². The molecular formula is C22H26O2. The summed E-state index contributed by atoms with van der Waals surface area (Å²) in [5.41, 5.74) is 4.79. The zero-order chi connectivity index (χ0) is 17.7. The number of allylic oxidation sites excluding steroid dienone is 1. The van der Waals surface area contributed by atoms with Gasteiger partial charge < -0.3 is 4.74 Å². The maximum absolute atomic E-state index is 11.7. The Kier molecular flexibility index (Phi) is 5.97. The largest absolute Gasteiger partial charge is 0.487 e. The lowest BCUT2D eigenvalue weighted by Gasteiger charge is -2.22. The van der Waals surface area contributed by atoms with Gasteiger partial charge in [0, 0.05) is 6.42 Å². The lowest BCUT2D eigenvalue weighted by atomic mass is 9.94. The number of carbonyl (C=O) groups is 1. The van der Waals surface area contributed by atoms with Crippen LogP contribution in [0.3, 0.4) is 0 Å². The van der Waals surface area contributed by atoms with E-state index in [0.717, 1.165) is 5.56 Å². The predicted octanol–water partition coefficient (Wildman–Crippen LogP) is 5.35. The number of Topliss-reactive ketones (excluding diaryl/α,β-unsaturated/α-hetero) is 1. The fraction of sp³-hybridized carbons (Fsp3) is 0.318. The summed E-state index contributed by atoms with van der Waals surface area (Å²) in [6.07, 6.45) is 0.171. The van der Waals surface area contributed by atoms with E-state index < -0.39 is 6.10 Å². The van der Waals surface area contributed by atoms with E-state index in [2.05, 4.69) is 43.8 Å². The fourth-order valence-corrected chi connectivity index (χ4v) is 2.93. The van der Waals surface area contributed by atoms with Crippen molar-refractivity contribution in [2.75, 3.05) is 0 Å². The molecular weight excluding hydrogens is 296 g/mol. The van der Waals surface area contributed by atoms with E-state index in [1.807, 2.05) is 32.0 Å². The van der Waals surface area contributed by atoms with Gasteiger partial charge in [-0.25, -0.2) is 0 Å². The number of aryl methyl sites for hydroxylation is 1. The Bertz CT molecular complexity index is 728. The summed E-state index contributed by atoms with van der Waals surface area (Å²) in [7, 11) is 0. The smallest absolute Gasteiger partial charge is 0.170 e. The number of hydrogen-bond acceptors (Lipinski definition) is 2. The van der Waals surface area contributed by atoms with Crippen LogP contribution in [0.5, 0.6) is 0 Å². The average Bonchev–Trinajstić information content (AvgIpc) is 2.53. The van der Waals surface area contributed by atoms with Crippen LogP contribution in [0, 0.1) is 12.8 Å². The second-order valence-electron chi connectivity index (χ2n) is 6.58. The fourth-order valence-electron chi connectivity index (χ4n) is 2.93. The highest BCUT2D eigenvalue weighted by atomic mass is 16.5. The minimum Gasteiger partial charge on any atom is -0.487 e. The Labute approximate surface area is 145 Å². The Morgan fingerprint density at radius 3 is 2.21 bits per heavy atom. The molecule has 0 aromatic heterocycles. The van der Waals surface area contributed by atoms with Crippen molar-refractivity contribution in [3.05, 3.63) is 72.0 Å². The first-order valence-corrected chi connectivity index (χ1v) is 8.39. The van der Waals surface area contributed by atoms with Crippen molar-refractivity contribution in [1.82, 2.24) is 0 Å². The van der Waals surface area contributed by atoms with Gasteiger partial charge in [-0.1, -0.05) is 69.0 Å². The third-order valence-electron chi connectivity index (χ3n) is 4.14. The van der Waals surface area contributed by atoms with Gasteiger partial charge >= 0.3 is 0 Å². The monoisotopic (exact) mass is 322 g/mol. The zero-order valence-electron chi connectivity index (χ0n) is 15.0. The molecule has 0 unspecified atom stereocenters. The molecule has 0 N–H and O–H groups in total. The highest BCUT2D eigenvalue weighted by molar-refractivity contribution is 5.80. The SMILES string of the molecule is C=C(Cc1ccccc1-c1ccccc1C)O[C@H](C(C)=O)C(C)C. The van der Waals surface area contributed by atoms with Gasteiger partial charge in [-0.3, -0.25) is 4.79 Å². The number of rotatable bonds is 7. The van der Waals surface area contributed by atoms with Crippen molar-refractivity contribution in [3.63, 3.8) is 0 Å². The summed E-state index contributed by atoms with van der Waals surface area (Å²) in [5.74, 6) is 0.800. The number of carbonyl (C=O) groups excluding carboxylic acids is 1. The summed E-state index contributed by atoms with van der Waals surface area (Å²) >= 11 is 0. The Morgan fingerprint density at radius 2 is 1.62 bits per heavy atom. The number of benzene rings is 2. The molecule has 0 spiro atoms. The van der Waals surface area contributed by atoms with Crippen LogP contribution < -0.4 is 0 Å². The molecule has 0 fully saturated rings. The van der Waals surface area contributed by atoms with E-state index >= 15 is 0 Å². The van der Waals surface area contributed by atoms with Crippen molar-refractivity contribution >= 4 is 5.78 Å². The van der Waals surface area contributed by atoms with Gasteiger partial charge in [0.05, 0.1) is 5.76 Å². The summed E-state index contributed by atoms with van der Waals surface area (Å²) in [6, 6.07) is 16.6. The number of hydrogen-bond donors (Lipinski definition) is 0. The molecule has 2 aromatic rings. The lowest BCUT2D eigenvalue weighted by molar-refractivity contribution is -0.128. The number of ether oxygens (including phenoxy) is 1. The summed E-state index contributed by atoms with van der Waals surface area (Å²) in [5, 5.41) is 0. The minimum atomic E-state index is -0.428. The van der Waals surface area contributed by atoms with E-state index in [4.69, 9.17) is 4.74 Å². The third-order valence-corrected chi connectivity index (χ3v) is 4.14. The van der Waals surface area contributed by atoms with Crippen molar-refractivity contribution in [2.24, 2.45) is 5.92 Å².